The lowest BCUT2D eigenvalue weighted by Gasteiger charge is -2.44. The van der Waals surface area contributed by atoms with Gasteiger partial charge in [-0.25, -0.2) is 0 Å². The second-order valence-electron chi connectivity index (χ2n) is 8.91. The van der Waals surface area contributed by atoms with E-state index in [1.54, 1.807) is 23.1 Å². The number of likely N-dealkylation sites (tertiary alicyclic amines) is 1. The molecular formula is C23H26F3N2O3+. The third-order valence-electron chi connectivity index (χ3n) is 6.93. The van der Waals surface area contributed by atoms with Gasteiger partial charge < -0.3 is 18.9 Å². The molecule has 3 aliphatic heterocycles. The number of ether oxygens (including phenoxy) is 2. The average Bonchev–Trinajstić information content (AvgIpc) is 2.74. The summed E-state index contributed by atoms with van der Waals surface area (Å²) < 4.78 is 48.9. The first-order chi connectivity index (χ1) is 14.9. The summed E-state index contributed by atoms with van der Waals surface area (Å²) in [6.45, 7) is 4.41. The van der Waals surface area contributed by atoms with Gasteiger partial charge in [0.25, 0.3) is 5.56 Å². The summed E-state index contributed by atoms with van der Waals surface area (Å²) >= 11 is 0. The fourth-order valence-corrected chi connectivity index (χ4v) is 5.69. The molecule has 0 radical (unpaired) electrons. The summed E-state index contributed by atoms with van der Waals surface area (Å²) in [5.41, 5.74) is 2.75. The zero-order valence-electron chi connectivity index (χ0n) is 17.2. The molecule has 2 fully saturated rings. The summed E-state index contributed by atoms with van der Waals surface area (Å²) in [6, 6.07) is 9.93. The summed E-state index contributed by atoms with van der Waals surface area (Å²) in [5.74, 6) is 0.492. The smallest absolute Gasteiger partial charge is 0.406 e. The lowest BCUT2D eigenvalue weighted by Crippen LogP contribution is -3.18. The monoisotopic (exact) mass is 435 g/mol. The highest BCUT2D eigenvalue weighted by molar-refractivity contribution is 5.67. The van der Waals surface area contributed by atoms with E-state index >= 15 is 0 Å². The van der Waals surface area contributed by atoms with Crippen molar-refractivity contribution in [2.75, 3.05) is 26.3 Å². The first-order valence-electron chi connectivity index (χ1n) is 10.9. The molecule has 166 valence electrons. The van der Waals surface area contributed by atoms with Gasteiger partial charge in [0, 0.05) is 48.5 Å². The Morgan fingerprint density at radius 3 is 2.48 bits per heavy atom. The van der Waals surface area contributed by atoms with Gasteiger partial charge in [-0.05, 0) is 30.2 Å². The first kappa shape index (κ1) is 20.6. The number of hydrogen-bond acceptors (Lipinski definition) is 3. The van der Waals surface area contributed by atoms with Gasteiger partial charge in [-0.1, -0.05) is 12.1 Å². The second kappa shape index (κ2) is 7.98. The van der Waals surface area contributed by atoms with Crippen molar-refractivity contribution < 1.29 is 27.5 Å². The number of hydrogen-bond donors (Lipinski definition) is 1. The highest BCUT2D eigenvalue weighted by atomic mass is 19.4. The minimum Gasteiger partial charge on any atom is -0.406 e. The van der Waals surface area contributed by atoms with Crippen molar-refractivity contribution in [3.05, 3.63) is 52.4 Å². The van der Waals surface area contributed by atoms with Crippen LogP contribution in [0, 0.1) is 5.92 Å². The SMILES string of the molecule is O=c1ccc(-c2ccc(OC(F)(F)F)cc2)c2n1C[C@H]1C[C@@H]2C[NH+](C2CCOCC2)C1. The number of quaternary nitrogens is 1. The molecule has 2 aromatic rings. The summed E-state index contributed by atoms with van der Waals surface area (Å²) in [6.07, 6.45) is -1.51. The number of halogens is 3. The topological polar surface area (TPSA) is 44.9 Å². The normalized spacial score (nSPS) is 26.4. The molecule has 1 unspecified atom stereocenters. The molecule has 5 nitrogen and oxygen atoms in total. The molecule has 8 heteroatoms. The molecule has 2 saturated heterocycles. The highest BCUT2D eigenvalue weighted by Gasteiger charge is 2.41. The van der Waals surface area contributed by atoms with E-state index in [0.717, 1.165) is 62.4 Å². The molecule has 2 bridgehead atoms. The number of benzene rings is 1. The second-order valence-corrected chi connectivity index (χ2v) is 8.91. The summed E-state index contributed by atoms with van der Waals surface area (Å²) in [5, 5.41) is 0. The minimum absolute atomic E-state index is 0.00000807. The number of aromatic nitrogens is 1. The average molecular weight is 435 g/mol. The van der Waals surface area contributed by atoms with Crippen LogP contribution in [0.3, 0.4) is 0 Å². The van der Waals surface area contributed by atoms with E-state index in [1.807, 2.05) is 10.6 Å². The largest absolute Gasteiger partial charge is 0.573 e. The number of piperidine rings is 1. The molecule has 3 atom stereocenters. The van der Waals surface area contributed by atoms with Crippen LogP contribution in [-0.4, -0.2) is 43.3 Å². The number of nitrogens with zero attached hydrogens (tertiary/aromatic N) is 1. The van der Waals surface area contributed by atoms with Crippen LogP contribution in [0.5, 0.6) is 5.75 Å². The van der Waals surface area contributed by atoms with E-state index in [2.05, 4.69) is 4.74 Å². The zero-order valence-corrected chi connectivity index (χ0v) is 17.2. The van der Waals surface area contributed by atoms with E-state index in [-0.39, 0.29) is 17.2 Å². The maximum Gasteiger partial charge on any atom is 0.573 e. The third-order valence-corrected chi connectivity index (χ3v) is 6.93. The fourth-order valence-electron chi connectivity index (χ4n) is 5.69. The Morgan fingerprint density at radius 1 is 1.03 bits per heavy atom. The summed E-state index contributed by atoms with van der Waals surface area (Å²) in [4.78, 5) is 14.3. The molecule has 0 aliphatic carbocycles. The van der Waals surface area contributed by atoms with Gasteiger partial charge in [0.15, 0.2) is 0 Å². The fraction of sp³-hybridized carbons (Fsp3) is 0.522. The number of fused-ring (bicyclic) bond motifs is 4. The molecule has 31 heavy (non-hydrogen) atoms. The Hall–Kier alpha value is -2.32. The van der Waals surface area contributed by atoms with Gasteiger partial charge in [0.1, 0.15) is 5.75 Å². The number of pyridine rings is 1. The number of rotatable bonds is 3. The van der Waals surface area contributed by atoms with Gasteiger partial charge in [-0.2, -0.15) is 0 Å². The zero-order chi connectivity index (χ0) is 21.6. The van der Waals surface area contributed by atoms with Gasteiger partial charge in [-0.3, -0.25) is 4.79 Å². The van der Waals surface area contributed by atoms with Crippen LogP contribution in [0.1, 0.15) is 30.9 Å². The maximum atomic E-state index is 12.7. The maximum absolute atomic E-state index is 12.7. The molecule has 4 heterocycles. The Morgan fingerprint density at radius 2 is 1.77 bits per heavy atom. The molecular weight excluding hydrogens is 409 g/mol. The number of alkyl halides is 3. The highest BCUT2D eigenvalue weighted by Crippen LogP contribution is 2.37. The molecule has 1 aromatic heterocycles. The van der Waals surface area contributed by atoms with E-state index in [4.69, 9.17) is 4.74 Å². The molecule has 3 aliphatic rings. The molecule has 1 aromatic carbocycles. The van der Waals surface area contributed by atoms with Crippen LogP contribution in [-0.2, 0) is 11.3 Å². The van der Waals surface area contributed by atoms with Gasteiger partial charge in [0.05, 0.1) is 32.3 Å². The summed E-state index contributed by atoms with van der Waals surface area (Å²) in [7, 11) is 0. The van der Waals surface area contributed by atoms with Crippen LogP contribution in [0.25, 0.3) is 11.1 Å². The predicted molar refractivity (Wildman–Crippen MR) is 108 cm³/mol. The Labute approximate surface area is 178 Å². The van der Waals surface area contributed by atoms with Crippen LogP contribution in [0.2, 0.25) is 0 Å². The Balaban J connectivity index is 1.47. The first-order valence-corrected chi connectivity index (χ1v) is 10.9. The van der Waals surface area contributed by atoms with Crippen molar-refractivity contribution in [1.82, 2.24) is 4.57 Å². The van der Waals surface area contributed by atoms with Crippen LogP contribution >= 0.6 is 0 Å². The number of nitrogens with one attached hydrogen (secondary N) is 1. The molecule has 0 saturated carbocycles. The quantitative estimate of drug-likeness (QED) is 0.806. The van der Waals surface area contributed by atoms with Gasteiger partial charge in [0.2, 0.25) is 0 Å². The Bertz CT molecular complexity index is 997. The van der Waals surface area contributed by atoms with Crippen molar-refractivity contribution in [2.45, 2.75) is 44.1 Å². The van der Waals surface area contributed by atoms with Crippen LogP contribution in [0.15, 0.2) is 41.2 Å². The molecule has 5 rings (SSSR count). The van der Waals surface area contributed by atoms with Crippen molar-refractivity contribution in [3.8, 4) is 16.9 Å². The van der Waals surface area contributed by atoms with E-state index in [1.165, 1.54) is 12.1 Å². The molecule has 1 N–H and O–H groups in total. The van der Waals surface area contributed by atoms with E-state index in [0.29, 0.717) is 18.5 Å². The van der Waals surface area contributed by atoms with Crippen molar-refractivity contribution in [2.24, 2.45) is 5.92 Å². The lowest BCUT2D eigenvalue weighted by molar-refractivity contribution is -0.937. The lowest BCUT2D eigenvalue weighted by atomic mass is 9.79. The van der Waals surface area contributed by atoms with Crippen molar-refractivity contribution >= 4 is 0 Å². The molecule has 0 spiro atoms. The van der Waals surface area contributed by atoms with Gasteiger partial charge in [-0.15, -0.1) is 13.2 Å². The third kappa shape index (κ3) is 4.23. The Kier molecular flexibility index (Phi) is 5.30. The van der Waals surface area contributed by atoms with E-state index in [9.17, 15) is 18.0 Å². The van der Waals surface area contributed by atoms with Gasteiger partial charge >= 0.3 is 6.36 Å². The van der Waals surface area contributed by atoms with Crippen molar-refractivity contribution in [3.63, 3.8) is 0 Å². The molecule has 0 amide bonds. The van der Waals surface area contributed by atoms with E-state index < -0.39 is 6.36 Å². The van der Waals surface area contributed by atoms with Crippen LogP contribution in [0.4, 0.5) is 13.2 Å². The predicted octanol–water partition coefficient (Wildman–Crippen LogP) is 2.59. The van der Waals surface area contributed by atoms with Crippen LogP contribution < -0.4 is 15.2 Å². The van der Waals surface area contributed by atoms with Crippen molar-refractivity contribution in [1.29, 1.82) is 0 Å². The standard InChI is InChI=1S/C23H25F3N2O3/c24-23(25,26)31-19-3-1-16(2-4-19)20-5-6-21(29)28-13-15-11-17(22(20)28)14-27(12-15)18-7-9-30-10-8-18/h1-6,15,17-18H,7-14H2/p+1/t15-,17+/m0/s1. The minimum atomic E-state index is -4.71.